The van der Waals surface area contributed by atoms with Gasteiger partial charge in [0.15, 0.2) is 11.5 Å². The molecule has 0 atom stereocenters. The molecule has 130 valence electrons. The number of nitrogen functional groups attached to an aromatic ring is 1. The van der Waals surface area contributed by atoms with Crippen molar-refractivity contribution < 1.29 is 9.47 Å². The first-order valence-corrected chi connectivity index (χ1v) is 8.55. The van der Waals surface area contributed by atoms with Crippen molar-refractivity contribution in [2.45, 2.75) is 0 Å². The van der Waals surface area contributed by atoms with E-state index in [4.69, 9.17) is 15.2 Å². The zero-order valence-corrected chi connectivity index (χ0v) is 15.9. The molecule has 0 saturated carbocycles. The fourth-order valence-corrected chi connectivity index (χ4v) is 3.11. The number of aromatic nitrogens is 1. The minimum absolute atomic E-state index is 0.190. The molecule has 5 nitrogen and oxygen atoms in total. The van der Waals surface area contributed by atoms with E-state index in [1.807, 2.05) is 48.5 Å². The number of hydrogen-bond acceptors (Lipinski definition) is 5. The van der Waals surface area contributed by atoms with Crippen molar-refractivity contribution in [3.8, 4) is 40.0 Å². The van der Waals surface area contributed by atoms with Gasteiger partial charge in [-0.05, 0) is 42.0 Å². The van der Waals surface area contributed by atoms with Crippen LogP contribution < -0.4 is 15.2 Å². The Morgan fingerprint density at radius 3 is 2.42 bits per heavy atom. The van der Waals surface area contributed by atoms with Gasteiger partial charge in [-0.1, -0.05) is 28.1 Å². The SMILES string of the molecule is COc1ccc(-c2cc(-c3cccc(Br)c3)c(C#N)c(N)n2)cc1OC. The number of nitriles is 1. The number of halogens is 1. The lowest BCUT2D eigenvalue weighted by Crippen LogP contribution is -2.00. The first kappa shape index (κ1) is 17.8. The van der Waals surface area contributed by atoms with Gasteiger partial charge in [0, 0.05) is 15.6 Å². The second-order valence-corrected chi connectivity index (χ2v) is 6.42. The summed E-state index contributed by atoms with van der Waals surface area (Å²) in [6, 6.07) is 17.2. The number of ether oxygens (including phenoxy) is 2. The lowest BCUT2D eigenvalue weighted by Gasteiger charge is -2.12. The highest BCUT2D eigenvalue weighted by Crippen LogP contribution is 2.35. The summed E-state index contributed by atoms with van der Waals surface area (Å²) in [5.41, 5.74) is 9.50. The molecular weight excluding hydrogens is 394 g/mol. The number of nitrogens with zero attached hydrogens (tertiary/aromatic N) is 2. The van der Waals surface area contributed by atoms with Crippen molar-refractivity contribution >= 4 is 21.7 Å². The summed E-state index contributed by atoms with van der Waals surface area (Å²) < 4.78 is 11.6. The molecule has 26 heavy (non-hydrogen) atoms. The molecule has 3 aromatic rings. The Kier molecular flexibility index (Phi) is 5.10. The number of nitrogens with two attached hydrogens (primary N) is 1. The van der Waals surface area contributed by atoms with E-state index in [1.165, 1.54) is 0 Å². The molecule has 1 heterocycles. The maximum absolute atomic E-state index is 9.52. The van der Waals surface area contributed by atoms with E-state index in [0.29, 0.717) is 22.8 Å². The van der Waals surface area contributed by atoms with Crippen LogP contribution in [-0.2, 0) is 0 Å². The van der Waals surface area contributed by atoms with Crippen LogP contribution in [0.4, 0.5) is 5.82 Å². The average molecular weight is 410 g/mol. The molecule has 1 aromatic heterocycles. The fourth-order valence-electron chi connectivity index (χ4n) is 2.71. The van der Waals surface area contributed by atoms with E-state index in [-0.39, 0.29) is 5.82 Å². The predicted octanol–water partition coefficient (Wildman–Crippen LogP) is 4.65. The highest BCUT2D eigenvalue weighted by Gasteiger charge is 2.15. The Bertz CT molecular complexity index is 1010. The predicted molar refractivity (Wildman–Crippen MR) is 105 cm³/mol. The van der Waals surface area contributed by atoms with Gasteiger partial charge in [-0.2, -0.15) is 5.26 Å². The summed E-state index contributed by atoms with van der Waals surface area (Å²) in [5.74, 6) is 1.42. The van der Waals surface area contributed by atoms with Crippen molar-refractivity contribution in [2.75, 3.05) is 20.0 Å². The number of rotatable bonds is 4. The quantitative estimate of drug-likeness (QED) is 0.677. The molecular formula is C20H16BrN3O2. The van der Waals surface area contributed by atoms with Crippen LogP contribution in [0.5, 0.6) is 11.5 Å². The monoisotopic (exact) mass is 409 g/mol. The summed E-state index contributed by atoms with van der Waals surface area (Å²) in [4.78, 5) is 4.40. The van der Waals surface area contributed by atoms with E-state index in [0.717, 1.165) is 21.2 Å². The normalized spacial score (nSPS) is 10.2. The molecule has 6 heteroatoms. The van der Waals surface area contributed by atoms with Gasteiger partial charge in [0.2, 0.25) is 0 Å². The molecule has 2 aromatic carbocycles. The lowest BCUT2D eigenvalue weighted by atomic mass is 9.98. The highest BCUT2D eigenvalue weighted by atomic mass is 79.9. The van der Waals surface area contributed by atoms with Crippen LogP contribution in [0, 0.1) is 11.3 Å². The number of hydrogen-bond donors (Lipinski definition) is 1. The first-order valence-electron chi connectivity index (χ1n) is 7.76. The van der Waals surface area contributed by atoms with Crippen molar-refractivity contribution in [1.29, 1.82) is 5.26 Å². The molecule has 3 rings (SSSR count). The number of methoxy groups -OCH3 is 2. The van der Waals surface area contributed by atoms with E-state index in [2.05, 4.69) is 27.0 Å². The summed E-state index contributed by atoms with van der Waals surface area (Å²) in [6.45, 7) is 0. The third-order valence-corrected chi connectivity index (χ3v) is 4.47. The second kappa shape index (κ2) is 7.46. The van der Waals surface area contributed by atoms with Crippen molar-refractivity contribution in [2.24, 2.45) is 0 Å². The highest BCUT2D eigenvalue weighted by molar-refractivity contribution is 9.10. The third kappa shape index (κ3) is 3.35. The van der Waals surface area contributed by atoms with Crippen LogP contribution in [-0.4, -0.2) is 19.2 Å². The zero-order chi connectivity index (χ0) is 18.7. The van der Waals surface area contributed by atoms with E-state index < -0.39 is 0 Å². The smallest absolute Gasteiger partial charge is 0.161 e. The third-order valence-electron chi connectivity index (χ3n) is 3.97. The molecule has 0 radical (unpaired) electrons. The van der Waals surface area contributed by atoms with Crippen LogP contribution in [0.1, 0.15) is 5.56 Å². The number of anilines is 1. The molecule has 0 aliphatic carbocycles. The van der Waals surface area contributed by atoms with Gasteiger partial charge in [0.25, 0.3) is 0 Å². The van der Waals surface area contributed by atoms with Crippen LogP contribution in [0.3, 0.4) is 0 Å². The summed E-state index contributed by atoms with van der Waals surface area (Å²) in [7, 11) is 3.16. The Labute approximate surface area is 160 Å². The van der Waals surface area contributed by atoms with E-state index in [1.54, 1.807) is 14.2 Å². The average Bonchev–Trinajstić information content (AvgIpc) is 2.66. The van der Waals surface area contributed by atoms with Crippen LogP contribution in [0.25, 0.3) is 22.4 Å². The second-order valence-electron chi connectivity index (χ2n) is 5.51. The fraction of sp³-hybridized carbons (Fsp3) is 0.100. The number of pyridine rings is 1. The minimum atomic E-state index is 0.190. The Morgan fingerprint density at radius 2 is 1.77 bits per heavy atom. The topological polar surface area (TPSA) is 81.2 Å². The summed E-state index contributed by atoms with van der Waals surface area (Å²) in [5, 5.41) is 9.52. The van der Waals surface area contributed by atoms with Gasteiger partial charge < -0.3 is 15.2 Å². The standard InChI is InChI=1S/C20H16BrN3O2/c1-25-18-7-6-13(9-19(18)26-2)17-10-15(16(11-22)20(23)24-17)12-4-3-5-14(21)8-12/h3-10H,1-2H3,(H2,23,24). The maximum atomic E-state index is 9.52. The first-order chi connectivity index (χ1) is 12.6. The Balaban J connectivity index is 2.20. The van der Waals surface area contributed by atoms with Crippen LogP contribution in [0.15, 0.2) is 53.0 Å². The molecule has 0 amide bonds. The van der Waals surface area contributed by atoms with Gasteiger partial charge >= 0.3 is 0 Å². The summed E-state index contributed by atoms with van der Waals surface area (Å²) >= 11 is 3.46. The van der Waals surface area contributed by atoms with Gasteiger partial charge in [-0.25, -0.2) is 4.98 Å². The van der Waals surface area contributed by atoms with Gasteiger partial charge in [0.1, 0.15) is 17.5 Å². The van der Waals surface area contributed by atoms with E-state index in [9.17, 15) is 5.26 Å². The van der Waals surface area contributed by atoms with E-state index >= 15 is 0 Å². The van der Waals surface area contributed by atoms with Gasteiger partial charge in [-0.15, -0.1) is 0 Å². The minimum Gasteiger partial charge on any atom is -0.493 e. The van der Waals surface area contributed by atoms with Crippen LogP contribution in [0.2, 0.25) is 0 Å². The maximum Gasteiger partial charge on any atom is 0.161 e. The van der Waals surface area contributed by atoms with Crippen molar-refractivity contribution in [1.82, 2.24) is 4.98 Å². The lowest BCUT2D eigenvalue weighted by molar-refractivity contribution is 0.355. The van der Waals surface area contributed by atoms with Gasteiger partial charge in [-0.3, -0.25) is 0 Å². The molecule has 0 bridgehead atoms. The Morgan fingerprint density at radius 1 is 1.00 bits per heavy atom. The molecule has 0 spiro atoms. The van der Waals surface area contributed by atoms with Crippen molar-refractivity contribution in [3.05, 3.63) is 58.6 Å². The van der Waals surface area contributed by atoms with Crippen LogP contribution >= 0.6 is 15.9 Å². The largest absolute Gasteiger partial charge is 0.493 e. The zero-order valence-electron chi connectivity index (χ0n) is 14.3. The molecule has 0 saturated heterocycles. The molecule has 0 unspecified atom stereocenters. The van der Waals surface area contributed by atoms with Crippen molar-refractivity contribution in [3.63, 3.8) is 0 Å². The number of benzene rings is 2. The molecule has 2 N–H and O–H groups in total. The molecule has 0 aliphatic rings. The summed E-state index contributed by atoms with van der Waals surface area (Å²) in [6.07, 6.45) is 0. The molecule has 0 aliphatic heterocycles. The molecule has 0 fully saturated rings. The van der Waals surface area contributed by atoms with Gasteiger partial charge in [0.05, 0.1) is 19.9 Å². The Hall–Kier alpha value is -3.04.